The second kappa shape index (κ2) is 5.47. The fraction of sp³-hybridized carbons (Fsp3) is 0.615. The van der Waals surface area contributed by atoms with Gasteiger partial charge in [0.05, 0.1) is 6.07 Å². The van der Waals surface area contributed by atoms with Crippen LogP contribution < -0.4 is 0 Å². The van der Waals surface area contributed by atoms with Crippen molar-refractivity contribution >= 4 is 11.3 Å². The molecule has 1 saturated heterocycles. The number of likely N-dealkylation sites (tertiary alicyclic amines) is 1. The summed E-state index contributed by atoms with van der Waals surface area (Å²) in [5.41, 5.74) is 0. The quantitative estimate of drug-likeness (QED) is 0.802. The van der Waals surface area contributed by atoms with Crippen LogP contribution in [0.5, 0.6) is 0 Å². The summed E-state index contributed by atoms with van der Waals surface area (Å²) in [6.45, 7) is 4.33. The molecular formula is C13H18N2S. The van der Waals surface area contributed by atoms with E-state index in [1.54, 1.807) is 11.3 Å². The van der Waals surface area contributed by atoms with E-state index in [1.165, 1.54) is 29.0 Å². The predicted molar refractivity (Wildman–Crippen MR) is 67.5 cm³/mol. The minimum absolute atomic E-state index is 0.00870. The summed E-state index contributed by atoms with van der Waals surface area (Å²) in [4.78, 5) is 4.93. The van der Waals surface area contributed by atoms with Crippen molar-refractivity contribution in [3.63, 3.8) is 0 Å². The first kappa shape index (κ1) is 11.6. The second-order valence-corrected chi connectivity index (χ2v) is 5.49. The Balaban J connectivity index is 2.12. The maximum atomic E-state index is 9.33. The van der Waals surface area contributed by atoms with Crippen molar-refractivity contribution in [2.24, 2.45) is 0 Å². The Hall–Kier alpha value is -0.850. The number of aryl methyl sites for hydroxylation is 1. The molecule has 1 fully saturated rings. The van der Waals surface area contributed by atoms with Crippen molar-refractivity contribution in [3.05, 3.63) is 21.9 Å². The fourth-order valence-electron chi connectivity index (χ4n) is 2.23. The highest BCUT2D eigenvalue weighted by atomic mass is 32.1. The zero-order valence-corrected chi connectivity index (χ0v) is 10.6. The molecule has 1 unspecified atom stereocenters. The summed E-state index contributed by atoms with van der Waals surface area (Å²) in [6, 6.07) is 6.75. The van der Waals surface area contributed by atoms with E-state index in [1.807, 2.05) is 0 Å². The normalized spacial score (nSPS) is 19.2. The Labute approximate surface area is 102 Å². The summed E-state index contributed by atoms with van der Waals surface area (Å²) in [7, 11) is 0. The van der Waals surface area contributed by atoms with E-state index in [4.69, 9.17) is 0 Å². The SMILES string of the molecule is CCc1ccc(C(C#N)N2CCCCC2)s1. The van der Waals surface area contributed by atoms with Crippen LogP contribution in [0.3, 0.4) is 0 Å². The number of hydrogen-bond donors (Lipinski definition) is 0. The number of thiophene rings is 1. The molecule has 1 aromatic rings. The van der Waals surface area contributed by atoms with E-state index in [0.717, 1.165) is 19.5 Å². The zero-order chi connectivity index (χ0) is 11.4. The van der Waals surface area contributed by atoms with Crippen LogP contribution >= 0.6 is 11.3 Å². The van der Waals surface area contributed by atoms with E-state index < -0.39 is 0 Å². The fourth-order valence-corrected chi connectivity index (χ4v) is 3.27. The topological polar surface area (TPSA) is 27.0 Å². The Morgan fingerprint density at radius 1 is 1.38 bits per heavy atom. The van der Waals surface area contributed by atoms with Crippen molar-refractivity contribution < 1.29 is 0 Å². The van der Waals surface area contributed by atoms with Gasteiger partial charge in [0.2, 0.25) is 0 Å². The molecule has 0 aliphatic carbocycles. The van der Waals surface area contributed by atoms with E-state index in [2.05, 4.69) is 30.0 Å². The number of hydrogen-bond acceptors (Lipinski definition) is 3. The van der Waals surface area contributed by atoms with Gasteiger partial charge in [0.15, 0.2) is 0 Å². The first-order valence-electron chi connectivity index (χ1n) is 6.07. The van der Waals surface area contributed by atoms with Gasteiger partial charge in [-0.2, -0.15) is 5.26 Å². The van der Waals surface area contributed by atoms with Crippen molar-refractivity contribution in [3.8, 4) is 6.07 Å². The third-order valence-electron chi connectivity index (χ3n) is 3.18. The molecule has 16 heavy (non-hydrogen) atoms. The largest absolute Gasteiger partial charge is 0.284 e. The number of rotatable bonds is 3. The lowest BCUT2D eigenvalue weighted by molar-refractivity contribution is 0.198. The number of piperidine rings is 1. The highest BCUT2D eigenvalue weighted by Crippen LogP contribution is 2.29. The standard InChI is InChI=1S/C13H18N2S/c1-2-11-6-7-13(16-11)12(10-14)15-8-4-3-5-9-15/h6-7,12H,2-5,8-9H2,1H3. The van der Waals surface area contributed by atoms with Crippen molar-refractivity contribution in [1.82, 2.24) is 4.90 Å². The van der Waals surface area contributed by atoms with Crippen molar-refractivity contribution in [1.29, 1.82) is 5.26 Å². The molecule has 1 aliphatic heterocycles. The maximum absolute atomic E-state index is 9.33. The summed E-state index contributed by atoms with van der Waals surface area (Å²) in [6.07, 6.45) is 4.87. The highest BCUT2D eigenvalue weighted by Gasteiger charge is 2.22. The molecule has 2 heterocycles. The van der Waals surface area contributed by atoms with E-state index in [-0.39, 0.29) is 6.04 Å². The predicted octanol–water partition coefficient (Wildman–Crippen LogP) is 3.36. The summed E-state index contributed by atoms with van der Waals surface area (Å²) in [5, 5.41) is 9.33. The molecule has 86 valence electrons. The maximum Gasteiger partial charge on any atom is 0.133 e. The lowest BCUT2D eigenvalue weighted by Crippen LogP contribution is -2.32. The molecule has 1 aromatic heterocycles. The molecular weight excluding hydrogens is 216 g/mol. The lowest BCUT2D eigenvalue weighted by Gasteiger charge is -2.29. The van der Waals surface area contributed by atoms with Crippen LogP contribution in [-0.4, -0.2) is 18.0 Å². The molecule has 0 radical (unpaired) electrons. The van der Waals surface area contributed by atoms with Gasteiger partial charge in [-0.25, -0.2) is 0 Å². The minimum Gasteiger partial charge on any atom is -0.284 e. The summed E-state index contributed by atoms with van der Waals surface area (Å²) in [5.74, 6) is 0. The van der Waals surface area contributed by atoms with Crippen LogP contribution in [-0.2, 0) is 6.42 Å². The third kappa shape index (κ3) is 2.45. The van der Waals surface area contributed by atoms with Gasteiger partial charge in [-0.3, -0.25) is 4.90 Å². The van der Waals surface area contributed by atoms with Crippen LogP contribution in [0.4, 0.5) is 0 Å². The highest BCUT2D eigenvalue weighted by molar-refractivity contribution is 7.12. The zero-order valence-electron chi connectivity index (χ0n) is 9.78. The van der Waals surface area contributed by atoms with Crippen molar-refractivity contribution in [2.75, 3.05) is 13.1 Å². The van der Waals surface area contributed by atoms with Gasteiger partial charge in [0.25, 0.3) is 0 Å². The van der Waals surface area contributed by atoms with Gasteiger partial charge < -0.3 is 0 Å². The van der Waals surface area contributed by atoms with Crippen LogP contribution in [0, 0.1) is 11.3 Å². The molecule has 0 amide bonds. The molecule has 1 aliphatic rings. The van der Waals surface area contributed by atoms with Crippen LogP contribution in [0.25, 0.3) is 0 Å². The molecule has 1 atom stereocenters. The average Bonchev–Trinajstić information content (AvgIpc) is 2.80. The summed E-state index contributed by atoms with van der Waals surface area (Å²) < 4.78 is 0. The van der Waals surface area contributed by atoms with Gasteiger partial charge in [-0.1, -0.05) is 13.3 Å². The van der Waals surface area contributed by atoms with Gasteiger partial charge in [0.1, 0.15) is 6.04 Å². The second-order valence-electron chi connectivity index (χ2n) is 4.29. The van der Waals surface area contributed by atoms with E-state index >= 15 is 0 Å². The van der Waals surface area contributed by atoms with Crippen LogP contribution in [0.15, 0.2) is 12.1 Å². The monoisotopic (exact) mass is 234 g/mol. The lowest BCUT2D eigenvalue weighted by atomic mass is 10.1. The molecule has 0 N–H and O–H groups in total. The van der Waals surface area contributed by atoms with Crippen molar-refractivity contribution in [2.45, 2.75) is 38.6 Å². The first-order chi connectivity index (χ1) is 7.85. The molecule has 2 rings (SSSR count). The van der Waals surface area contributed by atoms with Gasteiger partial charge in [0, 0.05) is 9.75 Å². The van der Waals surface area contributed by atoms with Gasteiger partial charge in [-0.15, -0.1) is 11.3 Å². The first-order valence-corrected chi connectivity index (χ1v) is 6.89. The molecule has 3 heteroatoms. The van der Waals surface area contributed by atoms with E-state index in [0.29, 0.717) is 0 Å². The molecule has 2 nitrogen and oxygen atoms in total. The molecule has 0 saturated carbocycles. The van der Waals surface area contributed by atoms with Crippen LogP contribution in [0.2, 0.25) is 0 Å². The minimum atomic E-state index is -0.00870. The Kier molecular flexibility index (Phi) is 3.98. The smallest absolute Gasteiger partial charge is 0.133 e. The van der Waals surface area contributed by atoms with Gasteiger partial charge >= 0.3 is 0 Å². The average molecular weight is 234 g/mol. The van der Waals surface area contributed by atoms with Gasteiger partial charge in [-0.05, 0) is 44.5 Å². The Bertz CT molecular complexity index is 372. The van der Waals surface area contributed by atoms with E-state index in [9.17, 15) is 5.26 Å². The summed E-state index contributed by atoms with van der Waals surface area (Å²) >= 11 is 1.80. The third-order valence-corrected chi connectivity index (χ3v) is 4.46. The molecule has 0 aromatic carbocycles. The number of nitriles is 1. The molecule has 0 bridgehead atoms. The Morgan fingerprint density at radius 3 is 2.69 bits per heavy atom. The Morgan fingerprint density at radius 2 is 2.12 bits per heavy atom. The molecule has 0 spiro atoms. The van der Waals surface area contributed by atoms with Crippen LogP contribution in [0.1, 0.15) is 42.0 Å². The number of nitrogens with zero attached hydrogens (tertiary/aromatic N) is 2.